The molecule has 0 saturated heterocycles. The van der Waals surface area contributed by atoms with Crippen LogP contribution in [0.3, 0.4) is 0 Å². The molecule has 0 atom stereocenters. The fourth-order valence-electron chi connectivity index (χ4n) is 3.24. The van der Waals surface area contributed by atoms with Crippen molar-refractivity contribution in [1.29, 1.82) is 0 Å². The summed E-state index contributed by atoms with van der Waals surface area (Å²) >= 11 is 12.0. The van der Waals surface area contributed by atoms with Crippen molar-refractivity contribution in [3.8, 4) is 11.6 Å². The number of nitrogens with zero attached hydrogens (tertiary/aromatic N) is 1. The maximum Gasteiger partial charge on any atom is 0.333 e. The van der Waals surface area contributed by atoms with Crippen molar-refractivity contribution >= 4 is 29.0 Å². The van der Waals surface area contributed by atoms with Gasteiger partial charge in [0.05, 0.1) is 11.4 Å². The van der Waals surface area contributed by atoms with Crippen LogP contribution in [0, 0.1) is 0 Å². The van der Waals surface area contributed by atoms with Crippen LogP contribution in [0.25, 0.3) is 5.69 Å². The second-order valence-corrected chi connectivity index (χ2v) is 7.64. The molecule has 0 saturated carbocycles. The van der Waals surface area contributed by atoms with Crippen molar-refractivity contribution in [2.75, 3.05) is 0 Å². The van der Waals surface area contributed by atoms with E-state index in [9.17, 15) is 14.7 Å². The second kappa shape index (κ2) is 8.22. The predicted octanol–water partition coefficient (Wildman–Crippen LogP) is 5.00. The maximum absolute atomic E-state index is 12.5. The summed E-state index contributed by atoms with van der Waals surface area (Å²) in [6.07, 6.45) is 0.280. The summed E-state index contributed by atoms with van der Waals surface area (Å²) in [6, 6.07) is 20.7. The highest BCUT2D eigenvalue weighted by Crippen LogP contribution is 2.26. The SMILES string of the molecule is O=C(c1ccccc1)c1ccc(Cc2[nH]c(=O)n(-c3cc(Cl)cc(Cl)c3)c2O)cc1. The van der Waals surface area contributed by atoms with Crippen molar-refractivity contribution in [2.45, 2.75) is 6.42 Å². The van der Waals surface area contributed by atoms with E-state index in [0.29, 0.717) is 32.6 Å². The van der Waals surface area contributed by atoms with Gasteiger partial charge >= 0.3 is 5.69 Å². The molecule has 2 N–H and O–H groups in total. The lowest BCUT2D eigenvalue weighted by Crippen LogP contribution is -2.14. The highest BCUT2D eigenvalue weighted by Gasteiger charge is 2.16. The van der Waals surface area contributed by atoms with Gasteiger partial charge in [0.25, 0.3) is 0 Å². The first kappa shape index (κ1) is 20.0. The Labute approximate surface area is 182 Å². The van der Waals surface area contributed by atoms with Gasteiger partial charge in [-0.05, 0) is 23.8 Å². The van der Waals surface area contributed by atoms with Gasteiger partial charge in [0, 0.05) is 27.6 Å². The number of hydrogen-bond donors (Lipinski definition) is 2. The zero-order valence-electron chi connectivity index (χ0n) is 15.6. The van der Waals surface area contributed by atoms with E-state index in [1.165, 1.54) is 12.1 Å². The number of halogens is 2. The molecular formula is C23H16Cl2N2O3. The van der Waals surface area contributed by atoms with Crippen LogP contribution in [0.2, 0.25) is 10.0 Å². The lowest BCUT2D eigenvalue weighted by Gasteiger charge is -2.06. The number of imidazole rings is 1. The minimum atomic E-state index is -0.503. The highest BCUT2D eigenvalue weighted by molar-refractivity contribution is 6.34. The van der Waals surface area contributed by atoms with Gasteiger partial charge in [-0.1, -0.05) is 77.8 Å². The molecule has 1 aromatic heterocycles. The fourth-order valence-corrected chi connectivity index (χ4v) is 3.75. The summed E-state index contributed by atoms with van der Waals surface area (Å²) in [7, 11) is 0. The first-order valence-electron chi connectivity index (χ1n) is 9.10. The third-order valence-corrected chi connectivity index (χ3v) is 5.12. The predicted molar refractivity (Wildman–Crippen MR) is 117 cm³/mol. The Kier molecular flexibility index (Phi) is 5.48. The summed E-state index contributed by atoms with van der Waals surface area (Å²) in [5, 5.41) is 11.3. The average Bonchev–Trinajstić information content (AvgIpc) is 3.01. The van der Waals surface area contributed by atoms with Gasteiger partial charge in [0.15, 0.2) is 5.78 Å². The summed E-state index contributed by atoms with van der Waals surface area (Å²) in [5.41, 5.74) is 2.21. The molecule has 0 aliphatic rings. The number of H-pyrrole nitrogens is 1. The van der Waals surface area contributed by atoms with Crippen LogP contribution >= 0.6 is 23.2 Å². The van der Waals surface area contributed by atoms with Crippen molar-refractivity contribution in [3.05, 3.63) is 116 Å². The molecule has 30 heavy (non-hydrogen) atoms. The number of carbonyl (C=O) groups is 1. The molecule has 0 aliphatic heterocycles. The smallest absolute Gasteiger partial charge is 0.333 e. The molecule has 0 amide bonds. The molecule has 0 radical (unpaired) electrons. The molecule has 0 fully saturated rings. The number of aromatic nitrogens is 2. The average molecular weight is 439 g/mol. The van der Waals surface area contributed by atoms with Gasteiger partial charge in [0.2, 0.25) is 5.88 Å². The molecule has 4 aromatic rings. The van der Waals surface area contributed by atoms with Crippen LogP contribution in [0.4, 0.5) is 0 Å². The molecule has 4 rings (SSSR count). The van der Waals surface area contributed by atoms with Crippen molar-refractivity contribution in [3.63, 3.8) is 0 Å². The Morgan fingerprint density at radius 1 is 0.900 bits per heavy atom. The molecule has 150 valence electrons. The number of ketones is 1. The Bertz CT molecular complexity index is 1260. The van der Waals surface area contributed by atoms with Gasteiger partial charge < -0.3 is 10.1 Å². The number of hydrogen-bond acceptors (Lipinski definition) is 3. The van der Waals surface area contributed by atoms with Gasteiger partial charge in [0.1, 0.15) is 0 Å². The molecule has 7 heteroatoms. The largest absolute Gasteiger partial charge is 0.493 e. The first-order chi connectivity index (χ1) is 14.4. The zero-order valence-corrected chi connectivity index (χ0v) is 17.1. The Balaban J connectivity index is 1.59. The molecule has 0 spiro atoms. The standard InChI is InChI=1S/C23H16Cl2N2O3/c24-17-11-18(25)13-19(12-17)27-22(29)20(26-23(27)30)10-14-6-8-16(9-7-14)21(28)15-4-2-1-3-5-15/h1-9,11-13,29H,10H2,(H,26,30). The number of nitrogens with one attached hydrogen (secondary N) is 1. The van der Waals surface area contributed by atoms with Crippen LogP contribution in [0.1, 0.15) is 27.2 Å². The third-order valence-electron chi connectivity index (χ3n) is 4.68. The first-order valence-corrected chi connectivity index (χ1v) is 9.86. The highest BCUT2D eigenvalue weighted by atomic mass is 35.5. The zero-order chi connectivity index (χ0) is 21.3. The Hall–Kier alpha value is -3.28. The van der Waals surface area contributed by atoms with Crippen molar-refractivity contribution < 1.29 is 9.90 Å². The van der Waals surface area contributed by atoms with Crippen LogP contribution in [0.5, 0.6) is 5.88 Å². The van der Waals surface area contributed by atoms with E-state index in [1.807, 2.05) is 18.2 Å². The van der Waals surface area contributed by atoms with Gasteiger partial charge in [-0.2, -0.15) is 0 Å². The van der Waals surface area contributed by atoms with Gasteiger partial charge in [-0.3, -0.25) is 4.79 Å². The molecule has 0 aliphatic carbocycles. The number of aromatic amines is 1. The summed E-state index contributed by atoms with van der Waals surface area (Å²) < 4.78 is 1.11. The molecule has 1 heterocycles. The number of rotatable bonds is 5. The minimum absolute atomic E-state index is 0.0672. The van der Waals surface area contributed by atoms with E-state index in [-0.39, 0.29) is 18.1 Å². The summed E-state index contributed by atoms with van der Waals surface area (Å²) in [4.78, 5) is 27.6. The van der Waals surface area contributed by atoms with Crippen LogP contribution in [0.15, 0.2) is 77.6 Å². The Morgan fingerprint density at radius 2 is 1.50 bits per heavy atom. The fraction of sp³-hybridized carbons (Fsp3) is 0.0435. The number of benzene rings is 3. The lowest BCUT2D eigenvalue weighted by molar-refractivity contribution is 0.103. The molecule has 0 unspecified atom stereocenters. The second-order valence-electron chi connectivity index (χ2n) is 6.76. The molecule has 5 nitrogen and oxygen atoms in total. The summed E-state index contributed by atoms with van der Waals surface area (Å²) in [5.74, 6) is -0.287. The minimum Gasteiger partial charge on any atom is -0.493 e. The monoisotopic (exact) mass is 438 g/mol. The van der Waals surface area contributed by atoms with Crippen LogP contribution < -0.4 is 5.69 Å². The van der Waals surface area contributed by atoms with E-state index < -0.39 is 5.69 Å². The van der Waals surface area contributed by atoms with Crippen molar-refractivity contribution in [2.24, 2.45) is 0 Å². The molecular weight excluding hydrogens is 423 g/mol. The quantitative estimate of drug-likeness (QED) is 0.430. The number of carbonyl (C=O) groups excluding carboxylic acids is 1. The van der Waals surface area contributed by atoms with Crippen LogP contribution in [-0.4, -0.2) is 20.4 Å². The van der Waals surface area contributed by atoms with Gasteiger partial charge in [-0.25, -0.2) is 9.36 Å². The summed E-state index contributed by atoms with van der Waals surface area (Å²) in [6.45, 7) is 0. The number of aromatic hydroxyl groups is 1. The van der Waals surface area contributed by atoms with Gasteiger partial charge in [-0.15, -0.1) is 0 Å². The van der Waals surface area contributed by atoms with Crippen LogP contribution in [-0.2, 0) is 6.42 Å². The van der Waals surface area contributed by atoms with E-state index in [2.05, 4.69) is 4.98 Å². The molecule has 3 aromatic carbocycles. The topological polar surface area (TPSA) is 75.1 Å². The normalized spacial score (nSPS) is 10.9. The maximum atomic E-state index is 12.5. The molecule has 0 bridgehead atoms. The van der Waals surface area contributed by atoms with E-state index in [4.69, 9.17) is 23.2 Å². The lowest BCUT2D eigenvalue weighted by atomic mass is 10.0. The van der Waals surface area contributed by atoms with E-state index in [0.717, 1.165) is 10.1 Å². The Morgan fingerprint density at radius 3 is 2.13 bits per heavy atom. The third kappa shape index (κ3) is 4.03. The van der Waals surface area contributed by atoms with E-state index >= 15 is 0 Å². The van der Waals surface area contributed by atoms with Crippen molar-refractivity contribution in [1.82, 2.24) is 9.55 Å². The van der Waals surface area contributed by atoms with E-state index in [1.54, 1.807) is 42.5 Å².